The zero-order valence-electron chi connectivity index (χ0n) is 33.0. The van der Waals surface area contributed by atoms with E-state index in [1.165, 1.54) is 0 Å². The van der Waals surface area contributed by atoms with E-state index in [9.17, 15) is 0 Å². The summed E-state index contributed by atoms with van der Waals surface area (Å²) in [5.41, 5.74) is 13.1. The summed E-state index contributed by atoms with van der Waals surface area (Å²) in [6.07, 6.45) is 0. The first kappa shape index (κ1) is 35.8. The third-order valence-electron chi connectivity index (χ3n) is 11.1. The number of nitrogens with zero attached hydrogens (tertiary/aromatic N) is 6. The number of rotatable bonds is 8. The van der Waals surface area contributed by atoms with E-state index in [4.69, 9.17) is 24.9 Å². The van der Waals surface area contributed by atoms with E-state index < -0.39 is 0 Å². The van der Waals surface area contributed by atoms with Crippen LogP contribution in [0.25, 0.3) is 107 Å². The minimum absolute atomic E-state index is 0.629. The van der Waals surface area contributed by atoms with Crippen LogP contribution in [-0.2, 0) is 0 Å². The maximum Gasteiger partial charge on any atom is 0.164 e. The summed E-state index contributed by atoms with van der Waals surface area (Å²) in [6, 6.07) is 75.2. The smallest absolute Gasteiger partial charge is 0.164 e. The second-order valence-corrected chi connectivity index (χ2v) is 14.9. The Labute approximate surface area is 353 Å². The van der Waals surface area contributed by atoms with Crippen molar-refractivity contribution in [3.63, 3.8) is 0 Å². The fourth-order valence-corrected chi connectivity index (χ4v) is 8.09. The molecule has 0 atom stereocenters. The minimum Gasteiger partial charge on any atom is -0.294 e. The molecule has 0 aliphatic rings. The second-order valence-electron chi connectivity index (χ2n) is 14.9. The Bertz CT molecular complexity index is 3270. The van der Waals surface area contributed by atoms with Gasteiger partial charge in [0.15, 0.2) is 23.3 Å². The van der Waals surface area contributed by atoms with Gasteiger partial charge in [-0.2, -0.15) is 0 Å². The van der Waals surface area contributed by atoms with Crippen molar-refractivity contribution in [3.8, 4) is 84.7 Å². The van der Waals surface area contributed by atoms with Crippen LogP contribution in [0, 0.1) is 0 Å². The highest BCUT2D eigenvalue weighted by atomic mass is 15.1. The molecule has 286 valence electrons. The molecule has 0 fully saturated rings. The number of hydrogen-bond acceptors (Lipinski definition) is 5. The van der Waals surface area contributed by atoms with Crippen molar-refractivity contribution in [1.29, 1.82) is 0 Å². The minimum atomic E-state index is 0.629. The summed E-state index contributed by atoms with van der Waals surface area (Å²) in [7, 11) is 0. The van der Waals surface area contributed by atoms with Gasteiger partial charge in [-0.25, -0.2) is 24.9 Å². The van der Waals surface area contributed by atoms with Crippen molar-refractivity contribution >= 4 is 21.9 Å². The molecule has 61 heavy (non-hydrogen) atoms. The lowest BCUT2D eigenvalue weighted by atomic mass is 9.97. The first-order valence-corrected chi connectivity index (χ1v) is 20.3. The summed E-state index contributed by atoms with van der Waals surface area (Å²) < 4.78 is 2.26. The van der Waals surface area contributed by atoms with Crippen molar-refractivity contribution in [3.05, 3.63) is 218 Å². The summed E-state index contributed by atoms with van der Waals surface area (Å²) >= 11 is 0. The van der Waals surface area contributed by atoms with Gasteiger partial charge in [0.2, 0.25) is 0 Å². The van der Waals surface area contributed by atoms with Gasteiger partial charge in [0.05, 0.1) is 16.6 Å². The summed E-state index contributed by atoms with van der Waals surface area (Å²) in [5.74, 6) is 2.58. The number of fused-ring (bicyclic) bond motifs is 3. The van der Waals surface area contributed by atoms with E-state index in [2.05, 4.69) is 150 Å². The van der Waals surface area contributed by atoms with E-state index in [1.54, 1.807) is 0 Å². The molecule has 0 aliphatic carbocycles. The Kier molecular flexibility index (Phi) is 9.06. The predicted molar refractivity (Wildman–Crippen MR) is 248 cm³/mol. The highest BCUT2D eigenvalue weighted by Crippen LogP contribution is 2.39. The number of para-hydroxylation sites is 2. The van der Waals surface area contributed by atoms with Crippen molar-refractivity contribution < 1.29 is 0 Å². The third kappa shape index (κ3) is 6.82. The van der Waals surface area contributed by atoms with Crippen molar-refractivity contribution in [1.82, 2.24) is 29.5 Å². The maximum atomic E-state index is 5.36. The Morgan fingerprint density at radius 2 is 0.689 bits per heavy atom. The average Bonchev–Trinajstić information content (AvgIpc) is 3.69. The molecule has 0 unspecified atom stereocenters. The van der Waals surface area contributed by atoms with Gasteiger partial charge < -0.3 is 0 Å². The molecule has 0 saturated heterocycles. The van der Waals surface area contributed by atoms with E-state index in [0.29, 0.717) is 23.3 Å². The molecule has 0 radical (unpaired) electrons. The SMILES string of the molecule is c1ccc(-c2nc(-c3ccccc3)nc(-c3ccc(-c4cccc(-c5cccc(-c6nc(-c7ccccc7)c7c8ccccc8n(-c8ccccc8)c7n6)c5)c4)cc3)n2)cc1. The number of hydrogen-bond donors (Lipinski definition) is 0. The Hall–Kier alpha value is -8.35. The van der Waals surface area contributed by atoms with Crippen molar-refractivity contribution in [2.45, 2.75) is 0 Å². The Morgan fingerprint density at radius 3 is 1.28 bits per heavy atom. The molecule has 3 heterocycles. The molecule has 0 spiro atoms. The molecular formula is C55H36N6. The fourth-order valence-electron chi connectivity index (χ4n) is 8.09. The monoisotopic (exact) mass is 780 g/mol. The van der Waals surface area contributed by atoms with Crippen LogP contribution in [0.15, 0.2) is 218 Å². The molecule has 11 rings (SSSR count). The van der Waals surface area contributed by atoms with Crippen LogP contribution in [0.2, 0.25) is 0 Å². The normalized spacial score (nSPS) is 11.3. The molecule has 0 N–H and O–H groups in total. The van der Waals surface area contributed by atoms with Gasteiger partial charge in [-0.15, -0.1) is 0 Å². The van der Waals surface area contributed by atoms with E-state index in [0.717, 1.165) is 83.4 Å². The van der Waals surface area contributed by atoms with Crippen LogP contribution >= 0.6 is 0 Å². The zero-order valence-corrected chi connectivity index (χ0v) is 33.0. The molecule has 8 aromatic carbocycles. The highest BCUT2D eigenvalue weighted by Gasteiger charge is 2.21. The molecule has 0 aliphatic heterocycles. The first-order chi connectivity index (χ1) is 30.2. The molecule has 6 heteroatoms. The van der Waals surface area contributed by atoms with Crippen LogP contribution in [-0.4, -0.2) is 29.5 Å². The van der Waals surface area contributed by atoms with E-state index >= 15 is 0 Å². The summed E-state index contributed by atoms with van der Waals surface area (Å²) in [5, 5.41) is 2.15. The largest absolute Gasteiger partial charge is 0.294 e. The highest BCUT2D eigenvalue weighted by molar-refractivity contribution is 6.14. The predicted octanol–water partition coefficient (Wildman–Crippen LogP) is 13.4. The van der Waals surface area contributed by atoms with Gasteiger partial charge in [-0.3, -0.25) is 4.57 Å². The van der Waals surface area contributed by atoms with Gasteiger partial charge in [-0.1, -0.05) is 188 Å². The van der Waals surface area contributed by atoms with Crippen molar-refractivity contribution in [2.24, 2.45) is 0 Å². The number of aromatic nitrogens is 6. The van der Waals surface area contributed by atoms with Crippen LogP contribution in [0.1, 0.15) is 0 Å². The molecule has 11 aromatic rings. The fraction of sp³-hybridized carbons (Fsp3) is 0. The first-order valence-electron chi connectivity index (χ1n) is 20.3. The van der Waals surface area contributed by atoms with Gasteiger partial charge in [0.25, 0.3) is 0 Å². The zero-order chi connectivity index (χ0) is 40.5. The lowest BCUT2D eigenvalue weighted by molar-refractivity contribution is 1.07. The molecule has 3 aromatic heterocycles. The summed E-state index contributed by atoms with van der Waals surface area (Å²) in [6.45, 7) is 0. The van der Waals surface area contributed by atoms with Gasteiger partial charge in [0.1, 0.15) is 5.65 Å². The van der Waals surface area contributed by atoms with Gasteiger partial charge in [-0.05, 0) is 52.6 Å². The summed E-state index contributed by atoms with van der Waals surface area (Å²) in [4.78, 5) is 25.4. The van der Waals surface area contributed by atoms with Crippen LogP contribution in [0.4, 0.5) is 0 Å². The molecule has 0 bridgehead atoms. The lowest BCUT2D eigenvalue weighted by Gasteiger charge is -2.12. The standard InChI is InChI=1S/C55H36N6/c1-5-17-38(18-6-1)50-49-47-29-13-14-30-48(47)61(46-27-11-4-12-28-46)55(49)60-54(56-50)45-26-16-25-44(36-45)43-24-15-23-42(35-43)37-31-33-41(34-32-37)53-58-51(39-19-7-2-8-20-39)57-52(59-53)40-21-9-3-10-22-40/h1-36H. The molecule has 0 amide bonds. The average molecular weight is 781 g/mol. The second kappa shape index (κ2) is 15.4. The molecule has 6 nitrogen and oxygen atoms in total. The third-order valence-corrected chi connectivity index (χ3v) is 11.1. The molecular weight excluding hydrogens is 745 g/mol. The van der Waals surface area contributed by atoms with E-state index in [-0.39, 0.29) is 0 Å². The van der Waals surface area contributed by atoms with E-state index in [1.807, 2.05) is 72.8 Å². The molecule has 0 saturated carbocycles. The quantitative estimate of drug-likeness (QED) is 0.154. The van der Waals surface area contributed by atoms with Crippen LogP contribution in [0.3, 0.4) is 0 Å². The van der Waals surface area contributed by atoms with Gasteiger partial charge in [0, 0.05) is 38.9 Å². The van der Waals surface area contributed by atoms with Gasteiger partial charge >= 0.3 is 0 Å². The maximum absolute atomic E-state index is 5.36. The van der Waals surface area contributed by atoms with Crippen molar-refractivity contribution in [2.75, 3.05) is 0 Å². The van der Waals surface area contributed by atoms with Crippen LogP contribution < -0.4 is 0 Å². The Morgan fingerprint density at radius 1 is 0.279 bits per heavy atom. The lowest BCUT2D eigenvalue weighted by Crippen LogP contribution is -2.00. The Balaban J connectivity index is 0.968. The topological polar surface area (TPSA) is 69.4 Å². The number of benzene rings is 8. The van der Waals surface area contributed by atoms with Crippen LogP contribution in [0.5, 0.6) is 0 Å².